The lowest BCUT2D eigenvalue weighted by molar-refractivity contribution is -0.146. The number of nitrogens with one attached hydrogen (secondary N) is 1. The molecule has 0 heterocycles. The van der Waals surface area contributed by atoms with Crippen LogP contribution in [0.25, 0.3) is 0 Å². The Morgan fingerprint density at radius 2 is 2.33 bits per heavy atom. The van der Waals surface area contributed by atoms with Crippen LogP contribution in [0.2, 0.25) is 0 Å². The molecule has 0 fully saturated rings. The lowest BCUT2D eigenvalue weighted by Gasteiger charge is -1.79. The lowest BCUT2D eigenvalue weighted by atomic mass is 13.9. The third kappa shape index (κ3) is 5.38. The van der Waals surface area contributed by atoms with Gasteiger partial charge in [0.05, 0.1) is 8.93 Å². The smallest absolute Gasteiger partial charge is 0.211 e. The van der Waals surface area contributed by atoms with E-state index in [0.717, 1.165) is 8.02 Å². The van der Waals surface area contributed by atoms with E-state index in [1.54, 1.807) is 0 Å². The zero-order chi connectivity index (χ0) is 4.99. The van der Waals surface area contributed by atoms with E-state index in [0.29, 0.717) is 0 Å². The fourth-order valence-corrected chi connectivity index (χ4v) is 3.34. The summed E-state index contributed by atoms with van der Waals surface area (Å²) in [6.07, 6.45) is 0. The van der Waals surface area contributed by atoms with Crippen LogP contribution in [0.5, 0.6) is 0 Å². The van der Waals surface area contributed by atoms with Crippen LogP contribution in [0.15, 0.2) is 0 Å². The summed E-state index contributed by atoms with van der Waals surface area (Å²) in [6, 6.07) is 0. The van der Waals surface area contributed by atoms with E-state index >= 15 is 0 Å². The molecule has 0 saturated carbocycles. The van der Waals surface area contributed by atoms with Crippen molar-refractivity contribution in [2.45, 2.75) is 0 Å². The van der Waals surface area contributed by atoms with Crippen molar-refractivity contribution >= 4 is 33.5 Å². The van der Waals surface area contributed by atoms with Crippen LogP contribution < -0.4 is 9.75 Å². The second kappa shape index (κ2) is 4.54. The molecular formula is H5NOP4. The maximum atomic E-state index is 10.1. The van der Waals surface area contributed by atoms with Gasteiger partial charge in [-0.25, -0.2) is 4.86 Å². The highest BCUT2D eigenvalue weighted by atomic mass is 32.2. The molecule has 0 aromatic heterocycles. The van der Waals surface area contributed by atoms with Gasteiger partial charge in [0.1, 0.15) is 7.12 Å². The van der Waals surface area contributed by atoms with E-state index in [-0.39, 0.29) is 0 Å². The van der Waals surface area contributed by atoms with Gasteiger partial charge in [-0.3, -0.25) is 0 Å². The molecule has 0 bridgehead atoms. The van der Waals surface area contributed by atoms with E-state index in [9.17, 15) is 4.89 Å². The molecule has 0 aliphatic carbocycles. The molecule has 0 aromatic rings. The Kier molecular flexibility index (Phi) is 5.58. The van der Waals surface area contributed by atoms with E-state index in [4.69, 9.17) is 0 Å². The van der Waals surface area contributed by atoms with E-state index < -0.39 is 7.12 Å². The van der Waals surface area contributed by atoms with Gasteiger partial charge in [-0.2, -0.15) is 0 Å². The monoisotopic (exact) mass is 159 g/mol. The molecule has 3 unspecified atom stereocenters. The maximum Gasteiger partial charge on any atom is 0.211 e. The highest BCUT2D eigenvalue weighted by Crippen LogP contribution is 2.32. The van der Waals surface area contributed by atoms with Gasteiger partial charge >= 0.3 is 0 Å². The third-order valence-electron chi connectivity index (χ3n) is 0.156. The molecule has 1 N–H and O–H groups in total. The average molecular weight is 159 g/mol. The number of hydrogen-bond donors (Lipinski definition) is 1. The Bertz CT molecular complexity index is 54.6. The minimum Gasteiger partial charge on any atom is -0.626 e. The summed E-state index contributed by atoms with van der Waals surface area (Å²) in [4.78, 5) is 12.7. The van der Waals surface area contributed by atoms with Crippen LogP contribution in [-0.2, 0) is 0 Å². The van der Waals surface area contributed by atoms with Gasteiger partial charge in [0, 0.05) is 0 Å². The first-order valence-corrected chi connectivity index (χ1v) is 6.21. The summed E-state index contributed by atoms with van der Waals surface area (Å²) < 4.78 is 0. The van der Waals surface area contributed by atoms with Gasteiger partial charge in [0.2, 0.25) is 8.02 Å². The molecule has 0 spiro atoms. The Morgan fingerprint density at radius 1 is 1.83 bits per heavy atom. The number of hydrogen-bond acceptors (Lipinski definition) is 1. The van der Waals surface area contributed by atoms with Gasteiger partial charge in [0.15, 0.2) is 0 Å². The van der Waals surface area contributed by atoms with Crippen LogP contribution >= 0.6 is 33.5 Å². The van der Waals surface area contributed by atoms with Crippen molar-refractivity contribution in [2.75, 3.05) is 0 Å². The van der Waals surface area contributed by atoms with Crippen molar-refractivity contribution in [2.24, 2.45) is 0 Å². The molecule has 0 aromatic carbocycles. The largest absolute Gasteiger partial charge is 0.626 e. The Morgan fingerprint density at radius 3 is 2.33 bits per heavy atom. The molecular weight excluding hydrogens is 154 g/mol. The average Bonchev–Trinajstić information content (AvgIpc) is 1.35. The molecule has 0 amide bonds. The molecule has 0 saturated heterocycles. The minimum absolute atomic E-state index is 0.764. The van der Waals surface area contributed by atoms with Gasteiger partial charge in [-0.05, 0) is 0 Å². The van der Waals surface area contributed by atoms with Crippen LogP contribution in [0.3, 0.4) is 0 Å². The van der Waals surface area contributed by atoms with Crippen molar-refractivity contribution in [3.05, 3.63) is 0 Å². The van der Waals surface area contributed by atoms with Crippen LogP contribution in [0.1, 0.15) is 0 Å². The summed E-state index contributed by atoms with van der Waals surface area (Å²) in [7, 11) is 4.13. The Labute approximate surface area is 44.0 Å². The highest BCUT2D eigenvalue weighted by molar-refractivity contribution is 8.24. The molecule has 3 atom stereocenters. The summed E-state index contributed by atoms with van der Waals surface area (Å²) in [5.41, 5.74) is 0. The fraction of sp³-hybridized carbons (Fsp3) is 0. The van der Waals surface area contributed by atoms with Crippen LogP contribution in [0.4, 0.5) is 0 Å². The quantitative estimate of drug-likeness (QED) is 0.571. The first-order chi connectivity index (χ1) is 2.77. The molecule has 0 aliphatic rings. The Balaban J connectivity index is 3.14. The van der Waals surface area contributed by atoms with Gasteiger partial charge in [0.25, 0.3) is 0 Å². The topological polar surface area (TPSA) is 35.1 Å². The zero-order valence-corrected chi connectivity index (χ0v) is 7.06. The minimum atomic E-state index is -1.09. The standard InChI is InChI=1S/H5NOP4/c2-6(4)5-1-3/h1H,3-4H2. The second-order valence-corrected chi connectivity index (χ2v) is 6.86. The molecule has 0 rings (SSSR count). The van der Waals surface area contributed by atoms with Gasteiger partial charge in [-0.15, -0.1) is 0 Å². The number of rotatable bonds is 1. The zero-order valence-electron chi connectivity index (χ0n) is 2.96. The summed E-state index contributed by atoms with van der Waals surface area (Å²) in [5.74, 6) is 0. The SMILES string of the molecule is [O-][P+](P)=PNP. The van der Waals surface area contributed by atoms with E-state index in [1.165, 1.54) is 0 Å². The second-order valence-electron chi connectivity index (χ2n) is 0.532. The summed E-state index contributed by atoms with van der Waals surface area (Å²) >= 11 is 0. The normalized spacial score (nSPS) is 12.2. The lowest BCUT2D eigenvalue weighted by Crippen LogP contribution is -1.75. The fourth-order valence-electron chi connectivity index (χ4n) is 0.0569. The van der Waals surface area contributed by atoms with Crippen LogP contribution in [0, 0.1) is 0 Å². The van der Waals surface area contributed by atoms with E-state index in [1.807, 2.05) is 0 Å². The predicted octanol–water partition coefficient (Wildman–Crippen LogP) is 0.690. The van der Waals surface area contributed by atoms with Crippen molar-refractivity contribution in [3.63, 3.8) is 0 Å². The first kappa shape index (κ1) is 7.38. The predicted molar refractivity (Wildman–Crippen MR) is 36.4 cm³/mol. The highest BCUT2D eigenvalue weighted by Gasteiger charge is 1.74. The van der Waals surface area contributed by atoms with Crippen molar-refractivity contribution in [1.29, 1.82) is 0 Å². The first-order valence-electron chi connectivity index (χ1n) is 1.15. The van der Waals surface area contributed by atoms with Gasteiger partial charge < -0.3 is 4.89 Å². The molecule has 36 valence electrons. The van der Waals surface area contributed by atoms with Gasteiger partial charge in [-0.1, -0.05) is 9.39 Å². The summed E-state index contributed by atoms with van der Waals surface area (Å²) in [6.45, 7) is 0. The maximum absolute atomic E-state index is 10.1. The van der Waals surface area contributed by atoms with Crippen LogP contribution in [-0.4, -0.2) is 0 Å². The molecule has 6 heteroatoms. The molecule has 0 radical (unpaired) electrons. The molecule has 2 nitrogen and oxygen atoms in total. The molecule has 0 aliphatic heterocycles. The van der Waals surface area contributed by atoms with Crippen molar-refractivity contribution in [1.82, 2.24) is 4.86 Å². The Hall–Kier alpha value is 1.38. The van der Waals surface area contributed by atoms with Crippen molar-refractivity contribution in [3.8, 4) is 0 Å². The van der Waals surface area contributed by atoms with E-state index in [2.05, 4.69) is 23.2 Å². The van der Waals surface area contributed by atoms with Crippen molar-refractivity contribution < 1.29 is 4.89 Å². The molecule has 6 heavy (non-hydrogen) atoms. The summed E-state index contributed by atoms with van der Waals surface area (Å²) in [5, 5.41) is 0. The third-order valence-corrected chi connectivity index (χ3v) is 3.49.